The molecule has 0 aliphatic carbocycles. The van der Waals surface area contributed by atoms with Gasteiger partial charge in [0.05, 0.1) is 11.1 Å². The molecule has 1 saturated heterocycles. The van der Waals surface area contributed by atoms with Crippen molar-refractivity contribution in [1.29, 1.82) is 0 Å². The zero-order valence-electron chi connectivity index (χ0n) is 16.3. The topological polar surface area (TPSA) is 184 Å². The number of carbonyl (C=O) groups is 3. The fourth-order valence-corrected chi connectivity index (χ4v) is 7.36. The van der Waals surface area contributed by atoms with E-state index < -0.39 is 35.6 Å². The lowest BCUT2D eigenvalue weighted by Gasteiger charge is -2.50. The molecule has 0 bridgehead atoms. The van der Waals surface area contributed by atoms with E-state index in [-0.39, 0.29) is 20.9 Å². The minimum atomic E-state index is -1.22. The maximum Gasteiger partial charge on any atom is 0.353 e. The molecule has 4 heterocycles. The van der Waals surface area contributed by atoms with Crippen LogP contribution in [0.3, 0.4) is 0 Å². The predicted octanol–water partition coefficient (Wildman–Crippen LogP) is 1.68. The summed E-state index contributed by atoms with van der Waals surface area (Å²) in [5.74, 6) is -2.66. The number of nitrogens with one attached hydrogen (secondary N) is 1. The van der Waals surface area contributed by atoms with Gasteiger partial charge in [0.25, 0.3) is 11.8 Å². The Balaban J connectivity index is 1.45. The number of thioether (sulfide) groups is 2. The molecule has 12 nitrogen and oxygen atoms in total. The van der Waals surface area contributed by atoms with Gasteiger partial charge in [-0.3, -0.25) is 14.5 Å². The van der Waals surface area contributed by atoms with Crippen molar-refractivity contribution in [3.63, 3.8) is 0 Å². The number of carboxylic acids is 1. The van der Waals surface area contributed by atoms with E-state index in [1.54, 1.807) is 5.51 Å². The third-order valence-corrected chi connectivity index (χ3v) is 9.00. The van der Waals surface area contributed by atoms with E-state index in [0.29, 0.717) is 22.8 Å². The quantitative estimate of drug-likeness (QED) is 0.0940. The third-order valence-electron chi connectivity index (χ3n) is 4.78. The highest BCUT2D eigenvalue weighted by atomic mass is 35.5. The Morgan fingerprint density at radius 3 is 2.82 bits per heavy atom. The van der Waals surface area contributed by atoms with Crippen LogP contribution in [0.2, 0.25) is 4.34 Å². The van der Waals surface area contributed by atoms with Crippen LogP contribution >= 0.6 is 57.8 Å². The molecule has 5 N–H and O–H groups in total. The van der Waals surface area contributed by atoms with Crippen LogP contribution in [0.4, 0.5) is 5.13 Å². The van der Waals surface area contributed by atoms with Crippen LogP contribution in [0.1, 0.15) is 18.5 Å². The lowest BCUT2D eigenvalue weighted by Crippen LogP contribution is -2.72. The second-order valence-electron chi connectivity index (χ2n) is 6.58. The van der Waals surface area contributed by atoms with Crippen molar-refractivity contribution in [2.75, 3.05) is 10.8 Å². The molecule has 2 aromatic rings. The molecule has 2 atom stereocenters. The van der Waals surface area contributed by atoms with Crippen LogP contribution in [-0.4, -0.2) is 71.1 Å². The van der Waals surface area contributed by atoms with E-state index in [0.717, 1.165) is 15.7 Å². The van der Waals surface area contributed by atoms with Gasteiger partial charge in [0.15, 0.2) is 15.2 Å². The number of fused-ring (bicyclic) bond motifs is 1. The highest BCUT2D eigenvalue weighted by molar-refractivity contribution is 8.18. The van der Waals surface area contributed by atoms with Gasteiger partial charge in [-0.15, -0.1) is 22.0 Å². The summed E-state index contributed by atoms with van der Waals surface area (Å²) >= 11 is 11.0. The molecule has 33 heavy (non-hydrogen) atoms. The Labute approximate surface area is 207 Å². The smallest absolute Gasteiger partial charge is 0.353 e. The number of nitrogen functional groups attached to an aromatic ring is 1. The molecule has 17 heteroatoms. The highest BCUT2D eigenvalue weighted by Gasteiger charge is 2.53. The first-order valence-electron chi connectivity index (χ1n) is 9.08. The Hall–Kier alpha value is -2.40. The number of halogens is 1. The fourth-order valence-electron chi connectivity index (χ4n) is 3.42. The number of nitrogens with zero attached hydrogens (tertiary/aromatic N) is 5. The summed E-state index contributed by atoms with van der Waals surface area (Å²) in [4.78, 5) is 43.0. The van der Waals surface area contributed by atoms with Gasteiger partial charge >= 0.3 is 5.97 Å². The van der Waals surface area contributed by atoms with Gasteiger partial charge in [-0.2, -0.15) is 0 Å². The number of aliphatic carboxylic acids is 1. The third kappa shape index (κ3) is 4.65. The molecule has 2 aromatic heterocycles. The molecule has 2 aliphatic heterocycles. The monoisotopic (exact) mass is 547 g/mol. The van der Waals surface area contributed by atoms with Crippen molar-refractivity contribution in [2.24, 2.45) is 5.16 Å². The van der Waals surface area contributed by atoms with E-state index in [1.807, 2.05) is 0 Å². The number of carboxylic acid groups (broad SMARTS) is 1. The van der Waals surface area contributed by atoms with Gasteiger partial charge in [-0.1, -0.05) is 51.2 Å². The highest BCUT2D eigenvalue weighted by Crippen LogP contribution is 2.42. The van der Waals surface area contributed by atoms with Gasteiger partial charge in [-0.25, -0.2) is 9.78 Å². The fraction of sp³-hybridized carbons (Fsp3) is 0.312. The van der Waals surface area contributed by atoms with Gasteiger partial charge in [0.2, 0.25) is 0 Å². The molecule has 0 radical (unpaired) electrons. The standard InChI is InChI=1S/C16H14ClN7O5S4/c17-11-8(21-15(18)33-11)9(23-29)12(25)20-7-5-1-2-6(10(14(27)28)24(5)13(7)26)31-4-32-16-22-19-3-30-16/h3,5,7,29H,1-2,4H2,(H2,18,21)(H,20,25)(H,27,28)/b23-9-/t5-,7?/m1/s1. The number of anilines is 1. The molecular weight excluding hydrogens is 534 g/mol. The van der Waals surface area contributed by atoms with E-state index in [2.05, 4.69) is 25.7 Å². The SMILES string of the molecule is Nc1nc(/C(=N/O)C(=O)NC2C(=O)N3C(C(=O)O)=C(SCSc4nncs4)CC[C@H]23)c(Cl)s1. The Morgan fingerprint density at radius 1 is 1.42 bits per heavy atom. The van der Waals surface area contributed by atoms with Gasteiger partial charge in [0, 0.05) is 4.91 Å². The zero-order valence-corrected chi connectivity index (χ0v) is 20.3. The molecule has 2 aliphatic rings. The average molecular weight is 548 g/mol. The van der Waals surface area contributed by atoms with Crippen molar-refractivity contribution >= 4 is 86.4 Å². The van der Waals surface area contributed by atoms with Crippen molar-refractivity contribution in [3.8, 4) is 0 Å². The number of oxime groups is 1. The lowest BCUT2D eigenvalue weighted by atomic mass is 9.86. The predicted molar refractivity (Wildman–Crippen MR) is 125 cm³/mol. The van der Waals surface area contributed by atoms with Crippen LogP contribution in [0, 0.1) is 0 Å². The van der Waals surface area contributed by atoms with Crippen molar-refractivity contribution in [2.45, 2.75) is 29.3 Å². The number of β-lactam (4-membered cyclic amide) rings is 1. The number of hydrogen-bond acceptors (Lipinski definition) is 13. The van der Waals surface area contributed by atoms with E-state index in [4.69, 9.17) is 17.3 Å². The number of rotatable bonds is 8. The molecule has 0 aromatic carbocycles. The second-order valence-corrected chi connectivity index (χ2v) is 11.7. The zero-order chi connectivity index (χ0) is 23.7. The molecule has 1 unspecified atom stereocenters. The van der Waals surface area contributed by atoms with Crippen molar-refractivity contribution in [3.05, 3.63) is 26.1 Å². The number of amides is 2. The minimum absolute atomic E-state index is 0.0545. The lowest BCUT2D eigenvalue weighted by molar-refractivity contribution is -0.155. The van der Waals surface area contributed by atoms with Crippen LogP contribution in [0.25, 0.3) is 0 Å². The first kappa shape index (κ1) is 23.7. The summed E-state index contributed by atoms with van der Waals surface area (Å²) in [5, 5.41) is 32.7. The maximum absolute atomic E-state index is 12.8. The summed E-state index contributed by atoms with van der Waals surface area (Å²) < 4.78 is 0.818. The summed E-state index contributed by atoms with van der Waals surface area (Å²) in [5.41, 5.74) is 6.49. The largest absolute Gasteiger partial charge is 0.477 e. The van der Waals surface area contributed by atoms with E-state index in [1.165, 1.54) is 39.8 Å². The molecule has 0 spiro atoms. The Morgan fingerprint density at radius 2 is 2.21 bits per heavy atom. The molecule has 2 amide bonds. The maximum atomic E-state index is 12.8. The van der Waals surface area contributed by atoms with Crippen LogP contribution in [0.15, 0.2) is 25.6 Å². The molecule has 174 valence electrons. The molecule has 0 saturated carbocycles. The normalized spacial score (nSPS) is 20.5. The first-order valence-corrected chi connectivity index (χ1v) is 13.1. The van der Waals surface area contributed by atoms with Crippen molar-refractivity contribution in [1.82, 2.24) is 25.4 Å². The summed E-state index contributed by atoms with van der Waals surface area (Å²) in [6, 6.07) is -1.51. The summed E-state index contributed by atoms with van der Waals surface area (Å²) in [6.45, 7) is 0. The molecule has 1 fully saturated rings. The number of thiazole rings is 1. The second kappa shape index (κ2) is 9.84. The minimum Gasteiger partial charge on any atom is -0.477 e. The average Bonchev–Trinajstić information content (AvgIpc) is 3.41. The number of carbonyl (C=O) groups excluding carboxylic acids is 2. The molecule has 4 rings (SSSR count). The van der Waals surface area contributed by atoms with Crippen LogP contribution < -0.4 is 11.1 Å². The van der Waals surface area contributed by atoms with Gasteiger partial charge in [-0.05, 0) is 12.8 Å². The number of allylic oxidation sites excluding steroid dienone is 1. The first-order chi connectivity index (χ1) is 15.8. The van der Waals surface area contributed by atoms with Gasteiger partial charge in [0.1, 0.15) is 27.3 Å². The summed E-state index contributed by atoms with van der Waals surface area (Å²) in [7, 11) is 0. The van der Waals surface area contributed by atoms with Crippen LogP contribution in [0.5, 0.6) is 0 Å². The van der Waals surface area contributed by atoms with E-state index >= 15 is 0 Å². The van der Waals surface area contributed by atoms with Crippen LogP contribution in [-0.2, 0) is 14.4 Å². The van der Waals surface area contributed by atoms with Crippen molar-refractivity contribution < 1.29 is 24.7 Å². The number of nitrogens with two attached hydrogens (primary N) is 1. The Bertz CT molecular complexity index is 1170. The number of aromatic nitrogens is 3. The summed E-state index contributed by atoms with van der Waals surface area (Å²) in [6.07, 6.45) is 0.883. The van der Waals surface area contributed by atoms with E-state index in [9.17, 15) is 24.7 Å². The molecular formula is C16H14ClN7O5S4. The number of hydrogen-bond donors (Lipinski definition) is 4. The van der Waals surface area contributed by atoms with Gasteiger partial charge < -0.3 is 21.4 Å². The Kier molecular flexibility index (Phi) is 7.08.